The fraction of sp³-hybridized carbons (Fsp3) is 0.200. The molecule has 3 aliphatic rings. The van der Waals surface area contributed by atoms with Crippen molar-refractivity contribution in [2.45, 2.75) is 6.42 Å². The molecule has 84 valence electrons. The lowest BCUT2D eigenvalue weighted by Gasteiger charge is -2.24. The number of carbonyl (C=O) groups excluding carboxylic acids is 1. The van der Waals surface area contributed by atoms with Crippen LogP contribution in [0, 0.1) is 0 Å². The Kier molecular flexibility index (Phi) is 2.47. The highest BCUT2D eigenvalue weighted by Gasteiger charge is 2.30. The van der Waals surface area contributed by atoms with Gasteiger partial charge in [-0.3, -0.25) is 4.79 Å². The van der Waals surface area contributed by atoms with E-state index in [9.17, 15) is 4.79 Å². The summed E-state index contributed by atoms with van der Waals surface area (Å²) < 4.78 is 0. The Morgan fingerprint density at radius 3 is 3.06 bits per heavy atom. The Morgan fingerprint density at radius 2 is 2.25 bits per heavy atom. The molecule has 3 N–H and O–H groups in total. The molecule has 0 saturated heterocycles. The van der Waals surface area contributed by atoms with Crippen LogP contribution in [0.4, 0.5) is 0 Å². The number of guanidine groups is 1. The van der Waals surface area contributed by atoms with Crippen LogP contribution in [0.3, 0.4) is 0 Å². The minimum atomic E-state index is -0.0896. The topological polar surface area (TPSA) is 70.7 Å². The zero-order chi connectivity index (χ0) is 10.4. The van der Waals surface area contributed by atoms with Gasteiger partial charge in [0, 0.05) is 36.5 Å². The van der Waals surface area contributed by atoms with E-state index in [-0.39, 0.29) is 18.3 Å². The zero-order valence-corrected chi connectivity index (χ0v) is 9.25. The standard InChI is InChI=1S/C10H10N4O.ClH/c11-10-12-5-6-1-2-8(15)13-7-3-4-14(10)9(6)7;/h1-2,5H,3-4H2,(H2,11,12)(H,13,15);1H. The van der Waals surface area contributed by atoms with Crippen LogP contribution < -0.4 is 11.1 Å². The molecule has 0 aromatic heterocycles. The van der Waals surface area contributed by atoms with Gasteiger partial charge in [0.15, 0.2) is 0 Å². The number of allylic oxidation sites excluding steroid dienone is 1. The summed E-state index contributed by atoms with van der Waals surface area (Å²) in [6.07, 6.45) is 5.78. The maximum atomic E-state index is 11.3. The van der Waals surface area contributed by atoms with Gasteiger partial charge in [0.25, 0.3) is 0 Å². The first kappa shape index (κ1) is 10.8. The number of nitrogens with one attached hydrogen (secondary N) is 1. The molecule has 0 spiro atoms. The van der Waals surface area contributed by atoms with Crippen molar-refractivity contribution in [3.8, 4) is 0 Å². The van der Waals surface area contributed by atoms with Gasteiger partial charge in [-0.15, -0.1) is 12.4 Å². The Bertz CT molecular complexity index is 475. The number of hydrogen-bond donors (Lipinski definition) is 2. The number of amides is 1. The van der Waals surface area contributed by atoms with Gasteiger partial charge in [-0.1, -0.05) is 0 Å². The average molecular weight is 239 g/mol. The molecule has 3 rings (SSSR count). The van der Waals surface area contributed by atoms with Crippen LogP contribution >= 0.6 is 12.4 Å². The van der Waals surface area contributed by atoms with Crippen LogP contribution in [0.5, 0.6) is 0 Å². The highest BCUT2D eigenvalue weighted by atomic mass is 35.5. The molecule has 0 aromatic rings. The molecule has 1 amide bonds. The monoisotopic (exact) mass is 238 g/mol. The van der Waals surface area contributed by atoms with Gasteiger partial charge < -0.3 is 16.0 Å². The molecule has 0 atom stereocenters. The molecule has 0 unspecified atom stereocenters. The van der Waals surface area contributed by atoms with Gasteiger partial charge in [-0.2, -0.15) is 0 Å². The Hall–Kier alpha value is -1.75. The van der Waals surface area contributed by atoms with Crippen molar-refractivity contribution in [1.82, 2.24) is 10.2 Å². The minimum Gasteiger partial charge on any atom is -0.369 e. The maximum Gasteiger partial charge on any atom is 0.248 e. The van der Waals surface area contributed by atoms with Gasteiger partial charge in [0.1, 0.15) is 0 Å². The van der Waals surface area contributed by atoms with Crippen molar-refractivity contribution in [2.75, 3.05) is 6.54 Å². The predicted octanol–water partition coefficient (Wildman–Crippen LogP) is 0.224. The summed E-state index contributed by atoms with van der Waals surface area (Å²) in [7, 11) is 0. The molecule has 16 heavy (non-hydrogen) atoms. The van der Waals surface area contributed by atoms with Crippen molar-refractivity contribution in [1.29, 1.82) is 0 Å². The number of halogens is 1. The molecule has 0 radical (unpaired) electrons. The summed E-state index contributed by atoms with van der Waals surface area (Å²) in [5.41, 5.74) is 8.64. The number of rotatable bonds is 0. The van der Waals surface area contributed by atoms with Gasteiger partial charge in [-0.05, 0) is 6.08 Å². The third kappa shape index (κ3) is 1.40. The van der Waals surface area contributed by atoms with Gasteiger partial charge in [-0.25, -0.2) is 4.99 Å². The van der Waals surface area contributed by atoms with Crippen LogP contribution in [0.2, 0.25) is 0 Å². The molecule has 0 aromatic carbocycles. The summed E-state index contributed by atoms with van der Waals surface area (Å²) in [5, 5.41) is 2.85. The van der Waals surface area contributed by atoms with Crippen molar-refractivity contribution in [2.24, 2.45) is 10.7 Å². The smallest absolute Gasteiger partial charge is 0.248 e. The Labute approximate surface area is 98.8 Å². The molecular weight excluding hydrogens is 228 g/mol. The molecule has 6 heteroatoms. The summed E-state index contributed by atoms with van der Waals surface area (Å²) in [4.78, 5) is 17.4. The lowest BCUT2D eigenvalue weighted by molar-refractivity contribution is -0.115. The van der Waals surface area contributed by atoms with E-state index < -0.39 is 0 Å². The van der Waals surface area contributed by atoms with E-state index in [2.05, 4.69) is 10.3 Å². The molecule has 3 aliphatic heterocycles. The maximum absolute atomic E-state index is 11.3. The molecule has 0 aliphatic carbocycles. The summed E-state index contributed by atoms with van der Waals surface area (Å²) in [5.74, 6) is 0.404. The van der Waals surface area contributed by atoms with E-state index >= 15 is 0 Å². The van der Waals surface area contributed by atoms with E-state index in [0.29, 0.717) is 5.96 Å². The van der Waals surface area contributed by atoms with Crippen molar-refractivity contribution in [3.05, 3.63) is 35.3 Å². The fourth-order valence-corrected chi connectivity index (χ4v) is 2.04. The second kappa shape index (κ2) is 3.68. The van der Waals surface area contributed by atoms with Crippen molar-refractivity contribution >= 4 is 24.3 Å². The summed E-state index contributed by atoms with van der Waals surface area (Å²) in [6, 6.07) is 0. The van der Waals surface area contributed by atoms with Crippen LogP contribution in [-0.4, -0.2) is 23.3 Å². The number of hydrogen-bond acceptors (Lipinski definition) is 4. The molecule has 0 fully saturated rings. The molecule has 5 nitrogen and oxygen atoms in total. The lowest BCUT2D eigenvalue weighted by atomic mass is 10.1. The third-order valence-corrected chi connectivity index (χ3v) is 2.72. The predicted molar refractivity (Wildman–Crippen MR) is 62.6 cm³/mol. The summed E-state index contributed by atoms with van der Waals surface area (Å²) >= 11 is 0. The van der Waals surface area contributed by atoms with E-state index in [0.717, 1.165) is 29.9 Å². The highest BCUT2D eigenvalue weighted by Crippen LogP contribution is 2.31. The van der Waals surface area contributed by atoms with E-state index in [1.54, 1.807) is 12.3 Å². The van der Waals surface area contributed by atoms with Crippen molar-refractivity contribution < 1.29 is 4.79 Å². The fourth-order valence-electron chi connectivity index (χ4n) is 2.04. The Balaban J connectivity index is 0.000000963. The van der Waals surface area contributed by atoms with E-state index in [1.807, 2.05) is 4.90 Å². The Morgan fingerprint density at radius 1 is 1.44 bits per heavy atom. The number of nitrogens with zero attached hydrogens (tertiary/aromatic N) is 2. The largest absolute Gasteiger partial charge is 0.369 e. The first-order chi connectivity index (χ1) is 7.25. The molecule has 0 saturated carbocycles. The second-order valence-corrected chi connectivity index (χ2v) is 3.62. The van der Waals surface area contributed by atoms with Gasteiger partial charge in [0.2, 0.25) is 11.9 Å². The van der Waals surface area contributed by atoms with E-state index in [4.69, 9.17) is 5.73 Å². The number of nitrogens with two attached hydrogens (primary N) is 1. The van der Waals surface area contributed by atoms with E-state index in [1.165, 1.54) is 6.08 Å². The normalized spacial score (nSPS) is 21.8. The minimum absolute atomic E-state index is 0. The van der Waals surface area contributed by atoms with Gasteiger partial charge in [0.05, 0.1) is 5.70 Å². The SMILES string of the molecule is Cl.NC1=NC=C2C=CC(=O)NC3=C2N1CC3. The summed E-state index contributed by atoms with van der Waals surface area (Å²) in [6.45, 7) is 0.783. The number of carbonyl (C=O) groups is 1. The quantitative estimate of drug-likeness (QED) is 0.635. The zero-order valence-electron chi connectivity index (χ0n) is 8.43. The lowest BCUT2D eigenvalue weighted by Crippen LogP contribution is -2.36. The van der Waals surface area contributed by atoms with Crippen LogP contribution in [0.25, 0.3) is 0 Å². The van der Waals surface area contributed by atoms with Crippen LogP contribution in [0.1, 0.15) is 6.42 Å². The molecule has 3 heterocycles. The average Bonchev–Trinajstić information content (AvgIpc) is 2.55. The van der Waals surface area contributed by atoms with Gasteiger partial charge >= 0.3 is 0 Å². The molecule has 0 bridgehead atoms. The van der Waals surface area contributed by atoms with Crippen molar-refractivity contribution in [3.63, 3.8) is 0 Å². The highest BCUT2D eigenvalue weighted by molar-refractivity contribution is 5.92. The third-order valence-electron chi connectivity index (χ3n) is 2.72. The number of aliphatic imine (C=N–C) groups is 1. The second-order valence-electron chi connectivity index (χ2n) is 3.62. The van der Waals surface area contributed by atoms with Crippen LogP contribution in [-0.2, 0) is 4.79 Å². The molecular formula is C10H11ClN4O. The first-order valence-corrected chi connectivity index (χ1v) is 4.79. The first-order valence-electron chi connectivity index (χ1n) is 4.79. The van der Waals surface area contributed by atoms with Crippen LogP contribution in [0.15, 0.2) is 40.3 Å².